The van der Waals surface area contributed by atoms with Crippen LogP contribution in [0.25, 0.3) is 10.9 Å². The van der Waals surface area contributed by atoms with Gasteiger partial charge in [-0.25, -0.2) is 4.98 Å². The van der Waals surface area contributed by atoms with Crippen LogP contribution < -0.4 is 10.3 Å². The van der Waals surface area contributed by atoms with Crippen molar-refractivity contribution in [1.82, 2.24) is 9.66 Å². The fourth-order valence-corrected chi connectivity index (χ4v) is 3.68. The van der Waals surface area contributed by atoms with E-state index in [1.165, 1.54) is 23.0 Å². The quantitative estimate of drug-likeness (QED) is 0.187. The first kappa shape index (κ1) is 22.6. The first-order valence-electron chi connectivity index (χ1n) is 9.71. The van der Waals surface area contributed by atoms with E-state index in [1.54, 1.807) is 49.4 Å². The van der Waals surface area contributed by atoms with Gasteiger partial charge in [-0.05, 0) is 61.0 Å². The number of fused-ring (bicyclic) bond motifs is 1. The van der Waals surface area contributed by atoms with E-state index in [9.17, 15) is 14.9 Å². The SMILES string of the molecule is Cc1nc2ccc(Br)cc2c(=O)n1N=Cc1cc(Cl)ccc1OCc1ccc([N+](=O)[O-])cc1. The summed E-state index contributed by atoms with van der Waals surface area (Å²) in [4.78, 5) is 27.7. The van der Waals surface area contributed by atoms with Crippen molar-refractivity contribution in [2.75, 3.05) is 0 Å². The van der Waals surface area contributed by atoms with Crippen LogP contribution >= 0.6 is 27.5 Å². The normalized spacial score (nSPS) is 11.2. The van der Waals surface area contributed by atoms with Crippen LogP contribution in [0.15, 0.2) is 75.0 Å². The number of aromatic nitrogens is 2. The van der Waals surface area contributed by atoms with E-state index in [1.807, 2.05) is 6.07 Å². The number of nitro benzene ring substituents is 1. The Balaban J connectivity index is 1.63. The molecule has 0 atom stereocenters. The molecule has 0 radical (unpaired) electrons. The molecule has 4 aromatic rings. The van der Waals surface area contributed by atoms with Crippen molar-refractivity contribution in [1.29, 1.82) is 0 Å². The summed E-state index contributed by atoms with van der Waals surface area (Å²) in [7, 11) is 0. The zero-order valence-electron chi connectivity index (χ0n) is 17.2. The average molecular weight is 528 g/mol. The molecular formula is C23H16BrClN4O4. The number of nitro groups is 1. The van der Waals surface area contributed by atoms with Crippen molar-refractivity contribution in [2.45, 2.75) is 13.5 Å². The summed E-state index contributed by atoms with van der Waals surface area (Å²) in [6.45, 7) is 1.88. The van der Waals surface area contributed by atoms with Gasteiger partial charge < -0.3 is 4.74 Å². The number of aryl methyl sites for hydroxylation is 1. The van der Waals surface area contributed by atoms with Crippen molar-refractivity contribution >= 4 is 50.3 Å². The van der Waals surface area contributed by atoms with E-state index in [2.05, 4.69) is 26.0 Å². The van der Waals surface area contributed by atoms with E-state index in [4.69, 9.17) is 16.3 Å². The molecule has 3 aromatic carbocycles. The van der Waals surface area contributed by atoms with Gasteiger partial charge in [-0.3, -0.25) is 14.9 Å². The molecule has 10 heteroatoms. The van der Waals surface area contributed by atoms with Gasteiger partial charge in [0.05, 0.1) is 22.0 Å². The summed E-state index contributed by atoms with van der Waals surface area (Å²) >= 11 is 9.53. The van der Waals surface area contributed by atoms with Crippen LogP contribution in [0, 0.1) is 17.0 Å². The highest BCUT2D eigenvalue weighted by Crippen LogP contribution is 2.23. The van der Waals surface area contributed by atoms with E-state index >= 15 is 0 Å². The minimum absolute atomic E-state index is 0.00917. The van der Waals surface area contributed by atoms with Crippen LogP contribution in [-0.2, 0) is 6.61 Å². The third-order valence-corrected chi connectivity index (χ3v) is 5.52. The van der Waals surface area contributed by atoms with E-state index < -0.39 is 4.92 Å². The Kier molecular flexibility index (Phi) is 6.52. The average Bonchev–Trinajstić information content (AvgIpc) is 2.79. The Bertz CT molecular complexity index is 1450. The maximum absolute atomic E-state index is 12.9. The Morgan fingerprint density at radius 1 is 1.18 bits per heavy atom. The highest BCUT2D eigenvalue weighted by Gasteiger charge is 2.10. The van der Waals surface area contributed by atoms with Crippen LogP contribution in [-0.4, -0.2) is 20.8 Å². The number of rotatable bonds is 6. The number of ether oxygens (including phenoxy) is 1. The summed E-state index contributed by atoms with van der Waals surface area (Å²) in [6, 6.07) is 16.4. The van der Waals surface area contributed by atoms with Crippen molar-refractivity contribution < 1.29 is 9.66 Å². The molecule has 0 aliphatic heterocycles. The van der Waals surface area contributed by atoms with Crippen LogP contribution in [0.5, 0.6) is 5.75 Å². The van der Waals surface area contributed by atoms with Gasteiger partial charge in [0.25, 0.3) is 11.2 Å². The lowest BCUT2D eigenvalue weighted by Crippen LogP contribution is -2.20. The second-order valence-corrected chi connectivity index (χ2v) is 8.43. The lowest BCUT2D eigenvalue weighted by Gasteiger charge is -2.10. The number of non-ortho nitro benzene ring substituents is 1. The fraction of sp³-hybridized carbons (Fsp3) is 0.0870. The third kappa shape index (κ3) is 5.10. The molecule has 0 N–H and O–H groups in total. The molecule has 4 rings (SSSR count). The topological polar surface area (TPSA) is 99.6 Å². The van der Waals surface area contributed by atoms with E-state index in [-0.39, 0.29) is 17.9 Å². The summed E-state index contributed by atoms with van der Waals surface area (Å²) in [5, 5.41) is 16.1. The molecule has 1 aromatic heterocycles. The summed E-state index contributed by atoms with van der Waals surface area (Å²) in [6.07, 6.45) is 1.48. The molecule has 0 spiro atoms. The zero-order chi connectivity index (χ0) is 23.5. The Labute approximate surface area is 201 Å². The second kappa shape index (κ2) is 9.51. The van der Waals surface area contributed by atoms with Crippen LogP contribution in [0.4, 0.5) is 5.69 Å². The number of hydrogen-bond acceptors (Lipinski definition) is 6. The third-order valence-electron chi connectivity index (χ3n) is 4.80. The molecule has 0 amide bonds. The van der Waals surface area contributed by atoms with Crippen molar-refractivity contribution in [3.8, 4) is 5.75 Å². The summed E-state index contributed by atoms with van der Waals surface area (Å²) in [5.41, 5.74) is 1.61. The lowest BCUT2D eigenvalue weighted by atomic mass is 10.2. The number of benzene rings is 3. The van der Waals surface area contributed by atoms with Gasteiger partial charge in [-0.2, -0.15) is 9.78 Å². The maximum atomic E-state index is 12.9. The Morgan fingerprint density at radius 2 is 1.94 bits per heavy atom. The van der Waals surface area contributed by atoms with Gasteiger partial charge in [0.1, 0.15) is 18.2 Å². The predicted molar refractivity (Wildman–Crippen MR) is 130 cm³/mol. The summed E-state index contributed by atoms with van der Waals surface area (Å²) < 4.78 is 7.87. The van der Waals surface area contributed by atoms with Gasteiger partial charge in [0, 0.05) is 27.2 Å². The first-order chi connectivity index (χ1) is 15.8. The van der Waals surface area contributed by atoms with Crippen molar-refractivity contribution in [3.63, 3.8) is 0 Å². The molecule has 8 nitrogen and oxygen atoms in total. The molecule has 0 aliphatic carbocycles. The molecule has 0 saturated carbocycles. The zero-order valence-corrected chi connectivity index (χ0v) is 19.6. The van der Waals surface area contributed by atoms with Gasteiger partial charge in [-0.1, -0.05) is 27.5 Å². The van der Waals surface area contributed by atoms with Gasteiger partial charge in [-0.15, -0.1) is 0 Å². The van der Waals surface area contributed by atoms with Gasteiger partial charge >= 0.3 is 0 Å². The second-order valence-electron chi connectivity index (χ2n) is 7.08. The molecule has 0 saturated heterocycles. The first-order valence-corrected chi connectivity index (χ1v) is 10.9. The van der Waals surface area contributed by atoms with E-state index in [0.29, 0.717) is 33.1 Å². The van der Waals surface area contributed by atoms with Crippen LogP contribution in [0.2, 0.25) is 5.02 Å². The van der Waals surface area contributed by atoms with Crippen LogP contribution in [0.1, 0.15) is 17.0 Å². The number of nitrogens with zero attached hydrogens (tertiary/aromatic N) is 4. The highest BCUT2D eigenvalue weighted by molar-refractivity contribution is 9.10. The molecular weight excluding hydrogens is 512 g/mol. The van der Waals surface area contributed by atoms with Crippen LogP contribution in [0.3, 0.4) is 0 Å². The molecule has 0 bridgehead atoms. The molecule has 166 valence electrons. The highest BCUT2D eigenvalue weighted by atomic mass is 79.9. The fourth-order valence-electron chi connectivity index (χ4n) is 3.14. The monoisotopic (exact) mass is 526 g/mol. The van der Waals surface area contributed by atoms with Crippen molar-refractivity contribution in [3.05, 3.63) is 108 Å². The van der Waals surface area contributed by atoms with E-state index in [0.717, 1.165) is 10.0 Å². The number of halogens is 2. The largest absolute Gasteiger partial charge is 0.488 e. The smallest absolute Gasteiger partial charge is 0.282 e. The minimum Gasteiger partial charge on any atom is -0.488 e. The van der Waals surface area contributed by atoms with Gasteiger partial charge in [0.2, 0.25) is 0 Å². The maximum Gasteiger partial charge on any atom is 0.282 e. The van der Waals surface area contributed by atoms with Gasteiger partial charge in [0.15, 0.2) is 0 Å². The standard InChI is InChI=1S/C23H16BrClN4O4/c1-14-27-21-8-4-17(24)11-20(21)23(30)28(14)26-12-16-10-18(25)5-9-22(16)33-13-15-2-6-19(7-3-15)29(31)32/h2-12H,13H2,1H3. The Morgan fingerprint density at radius 3 is 2.67 bits per heavy atom. The lowest BCUT2D eigenvalue weighted by molar-refractivity contribution is -0.384. The Hall–Kier alpha value is -3.56. The molecule has 0 unspecified atom stereocenters. The number of hydrogen-bond donors (Lipinski definition) is 0. The summed E-state index contributed by atoms with van der Waals surface area (Å²) in [5.74, 6) is 0.921. The van der Waals surface area contributed by atoms with Crippen molar-refractivity contribution in [2.24, 2.45) is 5.10 Å². The minimum atomic E-state index is -0.456. The molecule has 0 fully saturated rings. The molecule has 33 heavy (non-hydrogen) atoms. The predicted octanol–water partition coefficient (Wildman–Crippen LogP) is 5.49. The molecule has 1 heterocycles. The molecule has 0 aliphatic rings.